The van der Waals surface area contributed by atoms with E-state index in [0.717, 1.165) is 16.6 Å². The first kappa shape index (κ1) is 13.8. The van der Waals surface area contributed by atoms with Crippen LogP contribution in [0, 0.1) is 0 Å². The van der Waals surface area contributed by atoms with Crippen LogP contribution in [0.4, 0.5) is 0 Å². The summed E-state index contributed by atoms with van der Waals surface area (Å²) in [6, 6.07) is 15.2. The van der Waals surface area contributed by atoms with Gasteiger partial charge in [-0.05, 0) is 36.8 Å². The topological polar surface area (TPSA) is 34.9 Å². The highest BCUT2D eigenvalue weighted by Gasteiger charge is 2.10. The van der Waals surface area contributed by atoms with Crippen molar-refractivity contribution in [1.82, 2.24) is 9.55 Å². The van der Waals surface area contributed by atoms with Gasteiger partial charge in [0, 0.05) is 18.0 Å². The van der Waals surface area contributed by atoms with E-state index in [1.54, 1.807) is 4.57 Å². The Morgan fingerprint density at radius 2 is 1.81 bits per heavy atom. The molecule has 0 aliphatic rings. The minimum Gasteiger partial charge on any atom is -0.305 e. The van der Waals surface area contributed by atoms with E-state index in [9.17, 15) is 4.79 Å². The number of para-hydroxylation sites is 2. The molecule has 0 aliphatic heterocycles. The zero-order valence-corrected chi connectivity index (χ0v) is 12.5. The van der Waals surface area contributed by atoms with Crippen molar-refractivity contribution >= 4 is 22.6 Å². The summed E-state index contributed by atoms with van der Waals surface area (Å²) in [5.74, 6) is 0. The van der Waals surface area contributed by atoms with Gasteiger partial charge in [0.15, 0.2) is 0 Å². The fourth-order valence-corrected chi connectivity index (χ4v) is 2.60. The Kier molecular flexibility index (Phi) is 3.76. The van der Waals surface area contributed by atoms with Crippen molar-refractivity contribution < 1.29 is 0 Å². The van der Waals surface area contributed by atoms with Crippen molar-refractivity contribution in [2.75, 3.05) is 0 Å². The van der Waals surface area contributed by atoms with Crippen LogP contribution < -0.4 is 5.56 Å². The van der Waals surface area contributed by atoms with Crippen molar-refractivity contribution in [2.24, 2.45) is 0 Å². The normalized spacial score (nSPS) is 11.0. The Morgan fingerprint density at radius 1 is 1.10 bits per heavy atom. The summed E-state index contributed by atoms with van der Waals surface area (Å²) in [6.45, 7) is 2.61. The van der Waals surface area contributed by atoms with Crippen LogP contribution in [0.5, 0.6) is 0 Å². The molecule has 2 aromatic carbocycles. The number of fused-ring (bicyclic) bond motifs is 1. The molecule has 0 amide bonds. The smallest absolute Gasteiger partial charge is 0.273 e. The second kappa shape index (κ2) is 5.70. The first-order chi connectivity index (χ1) is 10.2. The number of nitrogens with zero attached hydrogens (tertiary/aromatic N) is 2. The van der Waals surface area contributed by atoms with Crippen LogP contribution >= 0.6 is 11.6 Å². The summed E-state index contributed by atoms with van der Waals surface area (Å²) in [5, 5.41) is 0.691. The summed E-state index contributed by atoms with van der Waals surface area (Å²) >= 11 is 5.89. The standard InChI is InChI=1S/C17H15ClN2O/c1-2-20-16-6-4-3-5-14(16)19-15(17(20)21)11-12-7-9-13(18)10-8-12/h3-10H,2,11H2,1H3. The van der Waals surface area contributed by atoms with Gasteiger partial charge in [0.25, 0.3) is 5.56 Å². The van der Waals surface area contributed by atoms with E-state index in [2.05, 4.69) is 4.98 Å². The number of aryl methyl sites for hydroxylation is 1. The highest BCUT2D eigenvalue weighted by atomic mass is 35.5. The molecule has 3 aromatic rings. The summed E-state index contributed by atoms with van der Waals surface area (Å²) in [5.41, 5.74) is 3.30. The Labute approximate surface area is 127 Å². The van der Waals surface area contributed by atoms with Crippen LogP contribution in [-0.2, 0) is 13.0 Å². The van der Waals surface area contributed by atoms with Gasteiger partial charge in [-0.15, -0.1) is 0 Å². The highest BCUT2D eigenvalue weighted by molar-refractivity contribution is 6.30. The Morgan fingerprint density at radius 3 is 2.52 bits per heavy atom. The summed E-state index contributed by atoms with van der Waals surface area (Å²) < 4.78 is 1.77. The van der Waals surface area contributed by atoms with Crippen molar-refractivity contribution in [2.45, 2.75) is 19.9 Å². The zero-order chi connectivity index (χ0) is 14.8. The summed E-state index contributed by atoms with van der Waals surface area (Å²) in [6.07, 6.45) is 0.515. The van der Waals surface area contributed by atoms with Gasteiger partial charge in [0.05, 0.1) is 11.0 Å². The van der Waals surface area contributed by atoms with Crippen molar-refractivity contribution in [1.29, 1.82) is 0 Å². The van der Waals surface area contributed by atoms with Crippen molar-refractivity contribution in [3.63, 3.8) is 0 Å². The molecule has 1 aromatic heterocycles. The summed E-state index contributed by atoms with van der Waals surface area (Å²) in [7, 11) is 0. The van der Waals surface area contributed by atoms with Crippen LogP contribution in [0.3, 0.4) is 0 Å². The second-order valence-electron chi connectivity index (χ2n) is 4.90. The average molecular weight is 299 g/mol. The van der Waals surface area contributed by atoms with Gasteiger partial charge in [-0.2, -0.15) is 0 Å². The molecular formula is C17H15ClN2O. The fraction of sp³-hybridized carbons (Fsp3) is 0.176. The van der Waals surface area contributed by atoms with E-state index >= 15 is 0 Å². The lowest BCUT2D eigenvalue weighted by atomic mass is 10.1. The minimum atomic E-state index is -0.0221. The number of hydrogen-bond donors (Lipinski definition) is 0. The molecule has 21 heavy (non-hydrogen) atoms. The number of benzene rings is 2. The van der Waals surface area contributed by atoms with Gasteiger partial charge in [0.2, 0.25) is 0 Å². The average Bonchev–Trinajstić information content (AvgIpc) is 2.50. The quantitative estimate of drug-likeness (QED) is 0.739. The molecule has 1 heterocycles. The van der Waals surface area contributed by atoms with E-state index in [4.69, 9.17) is 11.6 Å². The highest BCUT2D eigenvalue weighted by Crippen LogP contribution is 2.14. The van der Waals surface area contributed by atoms with Gasteiger partial charge in [-0.1, -0.05) is 35.9 Å². The van der Waals surface area contributed by atoms with Gasteiger partial charge < -0.3 is 4.57 Å². The van der Waals surface area contributed by atoms with E-state index in [-0.39, 0.29) is 5.56 Å². The van der Waals surface area contributed by atoms with E-state index in [1.807, 2.05) is 55.5 Å². The molecule has 0 saturated carbocycles. The Balaban J connectivity index is 2.12. The fourth-order valence-electron chi connectivity index (χ4n) is 2.47. The largest absolute Gasteiger partial charge is 0.305 e. The molecule has 0 N–H and O–H groups in total. The molecule has 0 radical (unpaired) electrons. The molecule has 3 nitrogen and oxygen atoms in total. The number of rotatable bonds is 3. The number of aromatic nitrogens is 2. The van der Waals surface area contributed by atoms with E-state index < -0.39 is 0 Å². The molecule has 0 spiro atoms. The van der Waals surface area contributed by atoms with Crippen molar-refractivity contribution in [3.05, 3.63) is 75.2 Å². The first-order valence-corrected chi connectivity index (χ1v) is 7.29. The van der Waals surface area contributed by atoms with Crippen LogP contribution in [0.1, 0.15) is 18.2 Å². The second-order valence-corrected chi connectivity index (χ2v) is 5.34. The van der Waals surface area contributed by atoms with Gasteiger partial charge >= 0.3 is 0 Å². The Bertz CT molecular complexity index is 838. The lowest BCUT2D eigenvalue weighted by molar-refractivity contribution is 0.738. The number of hydrogen-bond acceptors (Lipinski definition) is 2. The predicted octanol–water partition coefficient (Wildman–Crippen LogP) is 3.66. The third-order valence-corrected chi connectivity index (χ3v) is 3.77. The monoisotopic (exact) mass is 298 g/mol. The van der Waals surface area contributed by atoms with Crippen LogP contribution in [0.15, 0.2) is 53.3 Å². The maximum atomic E-state index is 12.6. The third-order valence-electron chi connectivity index (χ3n) is 3.52. The van der Waals surface area contributed by atoms with Crippen LogP contribution in [0.25, 0.3) is 11.0 Å². The molecule has 0 fully saturated rings. The predicted molar refractivity (Wildman–Crippen MR) is 85.9 cm³/mol. The Hall–Kier alpha value is -2.13. The van der Waals surface area contributed by atoms with Crippen LogP contribution in [0.2, 0.25) is 5.02 Å². The molecule has 0 bridgehead atoms. The first-order valence-electron chi connectivity index (χ1n) is 6.92. The van der Waals surface area contributed by atoms with Crippen LogP contribution in [-0.4, -0.2) is 9.55 Å². The van der Waals surface area contributed by atoms with Gasteiger partial charge in [-0.25, -0.2) is 4.98 Å². The SMILES string of the molecule is CCn1c(=O)c(Cc2ccc(Cl)cc2)nc2ccccc21. The molecular weight excluding hydrogens is 284 g/mol. The molecule has 106 valence electrons. The third kappa shape index (κ3) is 2.69. The van der Waals surface area contributed by atoms with E-state index in [0.29, 0.717) is 23.7 Å². The molecule has 0 unspecified atom stereocenters. The molecule has 4 heteroatoms. The lowest BCUT2D eigenvalue weighted by Crippen LogP contribution is -2.25. The minimum absolute atomic E-state index is 0.0221. The maximum absolute atomic E-state index is 12.6. The van der Waals surface area contributed by atoms with Crippen molar-refractivity contribution in [3.8, 4) is 0 Å². The zero-order valence-electron chi connectivity index (χ0n) is 11.7. The van der Waals surface area contributed by atoms with E-state index in [1.165, 1.54) is 0 Å². The maximum Gasteiger partial charge on any atom is 0.273 e. The van der Waals surface area contributed by atoms with Gasteiger partial charge in [0.1, 0.15) is 5.69 Å². The molecule has 0 atom stereocenters. The van der Waals surface area contributed by atoms with Gasteiger partial charge in [-0.3, -0.25) is 4.79 Å². The molecule has 3 rings (SSSR count). The molecule has 0 saturated heterocycles. The lowest BCUT2D eigenvalue weighted by Gasteiger charge is -2.10. The number of halogens is 1. The summed E-state index contributed by atoms with van der Waals surface area (Å²) in [4.78, 5) is 17.1. The molecule has 0 aliphatic carbocycles.